The minimum Gasteiger partial charge on any atom is -0.476 e. The van der Waals surface area contributed by atoms with Crippen LogP contribution in [0.2, 0.25) is 0 Å². The highest BCUT2D eigenvalue weighted by Crippen LogP contribution is 2.30. The summed E-state index contributed by atoms with van der Waals surface area (Å²) in [6.07, 6.45) is 2.55. The van der Waals surface area contributed by atoms with Crippen molar-refractivity contribution in [2.24, 2.45) is 0 Å². The largest absolute Gasteiger partial charge is 0.476 e. The van der Waals surface area contributed by atoms with E-state index in [1.165, 1.54) is 0 Å². The predicted octanol–water partition coefficient (Wildman–Crippen LogP) is 1.05. The molecule has 1 aliphatic carbocycles. The van der Waals surface area contributed by atoms with Crippen LogP contribution in [0.1, 0.15) is 32.1 Å². The lowest BCUT2D eigenvalue weighted by molar-refractivity contribution is -0.559. The van der Waals surface area contributed by atoms with Crippen molar-refractivity contribution in [1.82, 2.24) is 0 Å². The molecule has 1 aliphatic rings. The predicted molar refractivity (Wildman–Crippen MR) is 40.4 cm³/mol. The molecule has 0 amide bonds. The number of nitrogens with zero attached hydrogens (tertiary/aromatic N) is 1. The zero-order valence-electron chi connectivity index (χ0n) is 6.65. The fourth-order valence-corrected chi connectivity index (χ4v) is 1.61. The molecule has 0 heterocycles. The van der Waals surface area contributed by atoms with Gasteiger partial charge in [0.05, 0.1) is 0 Å². The lowest BCUT2D eigenvalue weighted by Crippen LogP contribution is -2.47. The van der Waals surface area contributed by atoms with Gasteiger partial charge in [-0.1, -0.05) is 6.42 Å². The average Bonchev–Trinajstić information content (AvgIpc) is 2.05. The molecule has 0 aliphatic heterocycles. The summed E-state index contributed by atoms with van der Waals surface area (Å²) in [5.41, 5.74) is -1.68. The molecule has 1 fully saturated rings. The number of hydrogen-bond acceptors (Lipinski definition) is 3. The molecule has 5 heteroatoms. The molecule has 1 saturated carbocycles. The zero-order valence-corrected chi connectivity index (χ0v) is 6.65. The van der Waals surface area contributed by atoms with Gasteiger partial charge in [0.2, 0.25) is 0 Å². The number of hydrogen-bond donors (Lipinski definition) is 1. The second-order valence-corrected chi connectivity index (χ2v) is 3.15. The van der Waals surface area contributed by atoms with Gasteiger partial charge in [-0.15, -0.1) is 0 Å². The van der Waals surface area contributed by atoms with Gasteiger partial charge < -0.3 is 5.11 Å². The molecular weight excluding hydrogens is 162 g/mol. The number of rotatable bonds is 2. The Morgan fingerprint density at radius 1 is 1.33 bits per heavy atom. The van der Waals surface area contributed by atoms with Crippen molar-refractivity contribution in [3.05, 3.63) is 10.1 Å². The zero-order chi connectivity index (χ0) is 9.19. The van der Waals surface area contributed by atoms with Crippen LogP contribution in [0.3, 0.4) is 0 Å². The fraction of sp³-hybridized carbons (Fsp3) is 0.857. The summed E-state index contributed by atoms with van der Waals surface area (Å²) in [5.74, 6) is -1.29. The maximum absolute atomic E-state index is 10.7. The second kappa shape index (κ2) is 3.08. The van der Waals surface area contributed by atoms with E-state index >= 15 is 0 Å². The lowest BCUT2D eigenvalue weighted by atomic mass is 9.82. The summed E-state index contributed by atoms with van der Waals surface area (Å²) in [7, 11) is 0. The standard InChI is InChI=1S/C7H11NO4/c9-6(10)7(8(11)12)4-2-1-3-5-7/h1-5H2,(H,9,10). The Bertz CT molecular complexity index is 191. The van der Waals surface area contributed by atoms with Crippen LogP contribution in [0.5, 0.6) is 0 Å². The van der Waals surface area contributed by atoms with Crippen LogP contribution in [-0.2, 0) is 4.79 Å². The third kappa shape index (κ3) is 1.26. The minimum absolute atomic E-state index is 0.176. The van der Waals surface area contributed by atoms with E-state index in [-0.39, 0.29) is 12.8 Å². The van der Waals surface area contributed by atoms with Crippen molar-refractivity contribution >= 4 is 5.97 Å². The fourth-order valence-electron chi connectivity index (χ4n) is 1.61. The van der Waals surface area contributed by atoms with E-state index in [4.69, 9.17) is 5.11 Å². The Hall–Kier alpha value is -1.13. The minimum atomic E-state index is -1.68. The summed E-state index contributed by atoms with van der Waals surface area (Å²) >= 11 is 0. The molecule has 0 atom stereocenters. The summed E-state index contributed by atoms with van der Waals surface area (Å²) in [6.45, 7) is 0. The molecule has 0 spiro atoms. The van der Waals surface area contributed by atoms with Crippen LogP contribution in [0.25, 0.3) is 0 Å². The molecule has 1 rings (SSSR count). The van der Waals surface area contributed by atoms with E-state index < -0.39 is 16.4 Å². The van der Waals surface area contributed by atoms with Gasteiger partial charge in [-0.25, -0.2) is 4.79 Å². The van der Waals surface area contributed by atoms with Gasteiger partial charge in [0.15, 0.2) is 0 Å². The first-order chi connectivity index (χ1) is 5.59. The monoisotopic (exact) mass is 173 g/mol. The van der Waals surface area contributed by atoms with Gasteiger partial charge in [0, 0.05) is 17.8 Å². The van der Waals surface area contributed by atoms with Crippen LogP contribution in [-0.4, -0.2) is 21.5 Å². The first-order valence-electron chi connectivity index (χ1n) is 3.97. The Morgan fingerprint density at radius 2 is 1.83 bits per heavy atom. The van der Waals surface area contributed by atoms with Crippen LogP contribution in [0.4, 0.5) is 0 Å². The van der Waals surface area contributed by atoms with E-state index in [1.54, 1.807) is 0 Å². The highest BCUT2D eigenvalue weighted by molar-refractivity contribution is 5.77. The van der Waals surface area contributed by atoms with E-state index in [1.807, 2.05) is 0 Å². The number of carbonyl (C=O) groups is 1. The van der Waals surface area contributed by atoms with E-state index in [0.29, 0.717) is 12.8 Å². The van der Waals surface area contributed by atoms with Gasteiger partial charge in [0.1, 0.15) is 0 Å². The van der Waals surface area contributed by atoms with Gasteiger partial charge in [-0.3, -0.25) is 10.1 Å². The molecule has 12 heavy (non-hydrogen) atoms. The smallest absolute Gasteiger partial charge is 0.382 e. The molecule has 0 aromatic heterocycles. The molecule has 5 nitrogen and oxygen atoms in total. The van der Waals surface area contributed by atoms with Crippen LogP contribution in [0.15, 0.2) is 0 Å². The summed E-state index contributed by atoms with van der Waals surface area (Å²) in [4.78, 5) is 20.6. The van der Waals surface area contributed by atoms with Crippen molar-refractivity contribution in [2.75, 3.05) is 0 Å². The average molecular weight is 173 g/mol. The highest BCUT2D eigenvalue weighted by Gasteiger charge is 2.51. The van der Waals surface area contributed by atoms with Crippen molar-refractivity contribution in [1.29, 1.82) is 0 Å². The van der Waals surface area contributed by atoms with Crippen LogP contribution < -0.4 is 0 Å². The van der Waals surface area contributed by atoms with E-state index in [9.17, 15) is 14.9 Å². The maximum Gasteiger partial charge on any atom is 0.382 e. The molecule has 0 aromatic rings. The Kier molecular flexibility index (Phi) is 2.30. The van der Waals surface area contributed by atoms with Gasteiger partial charge in [-0.05, 0) is 12.8 Å². The van der Waals surface area contributed by atoms with Crippen LogP contribution >= 0.6 is 0 Å². The first kappa shape index (κ1) is 8.96. The molecule has 0 aromatic carbocycles. The highest BCUT2D eigenvalue weighted by atomic mass is 16.6. The van der Waals surface area contributed by atoms with Gasteiger partial charge in [-0.2, -0.15) is 0 Å². The van der Waals surface area contributed by atoms with Gasteiger partial charge in [0.25, 0.3) is 0 Å². The molecule has 0 radical (unpaired) electrons. The van der Waals surface area contributed by atoms with Crippen molar-refractivity contribution in [3.63, 3.8) is 0 Å². The number of aliphatic carboxylic acids is 1. The number of carboxylic acid groups (broad SMARTS) is 1. The molecule has 68 valence electrons. The van der Waals surface area contributed by atoms with Crippen molar-refractivity contribution in [3.8, 4) is 0 Å². The quantitative estimate of drug-likeness (QED) is 0.500. The maximum atomic E-state index is 10.7. The molecule has 0 saturated heterocycles. The summed E-state index contributed by atoms with van der Waals surface area (Å²) in [5, 5.41) is 19.3. The van der Waals surface area contributed by atoms with Crippen molar-refractivity contribution in [2.45, 2.75) is 37.6 Å². The lowest BCUT2D eigenvalue weighted by Gasteiger charge is -2.24. The van der Waals surface area contributed by atoms with E-state index in [2.05, 4.69) is 0 Å². The van der Waals surface area contributed by atoms with E-state index in [0.717, 1.165) is 6.42 Å². The third-order valence-corrected chi connectivity index (χ3v) is 2.43. The molecular formula is C7H11NO4. The molecule has 0 unspecified atom stereocenters. The molecule has 0 bridgehead atoms. The number of nitro groups is 1. The van der Waals surface area contributed by atoms with Crippen LogP contribution in [0, 0.1) is 10.1 Å². The molecule has 1 N–H and O–H groups in total. The van der Waals surface area contributed by atoms with Crippen molar-refractivity contribution < 1.29 is 14.8 Å². The topological polar surface area (TPSA) is 80.4 Å². The summed E-state index contributed by atoms with van der Waals surface area (Å²) in [6, 6.07) is 0. The second-order valence-electron chi connectivity index (χ2n) is 3.15. The SMILES string of the molecule is O=C(O)C1([N+](=O)[O-])CCCCC1. The first-order valence-corrected chi connectivity index (χ1v) is 3.97. The Labute approximate surface area is 69.5 Å². The summed E-state index contributed by atoms with van der Waals surface area (Å²) < 4.78 is 0. The van der Waals surface area contributed by atoms with Gasteiger partial charge >= 0.3 is 11.5 Å². The number of carboxylic acids is 1. The Morgan fingerprint density at radius 3 is 2.08 bits per heavy atom. The third-order valence-electron chi connectivity index (χ3n) is 2.43. The normalized spacial score (nSPS) is 21.7. The Balaban J connectivity index is 2.84.